The average Bonchev–Trinajstić information content (AvgIpc) is 2.73. The van der Waals surface area contributed by atoms with Crippen molar-refractivity contribution in [3.05, 3.63) is 28.8 Å². The number of nitrogens with one attached hydrogen (secondary N) is 1. The molecule has 4 nitrogen and oxygen atoms in total. The minimum Gasteiger partial charge on any atom is -0.351 e. The quantitative estimate of drug-likeness (QED) is 0.854. The van der Waals surface area contributed by atoms with Gasteiger partial charge in [0.25, 0.3) is 0 Å². The van der Waals surface area contributed by atoms with E-state index in [0.717, 1.165) is 11.3 Å². The van der Waals surface area contributed by atoms with Gasteiger partial charge in [-0.2, -0.15) is 0 Å². The van der Waals surface area contributed by atoms with Crippen molar-refractivity contribution < 1.29 is 9.59 Å². The Hall–Kier alpha value is -1.55. The van der Waals surface area contributed by atoms with Crippen molar-refractivity contribution in [3.8, 4) is 0 Å². The number of hydrogen-bond donors (Lipinski definition) is 1. The molecule has 2 rings (SSSR count). The molecule has 0 aromatic heterocycles. The van der Waals surface area contributed by atoms with E-state index in [9.17, 15) is 9.59 Å². The van der Waals surface area contributed by atoms with Crippen LogP contribution in [0.2, 0.25) is 5.02 Å². The molecule has 1 fully saturated rings. The molecule has 21 heavy (non-hydrogen) atoms. The molecule has 1 aliphatic rings. The van der Waals surface area contributed by atoms with Crippen molar-refractivity contribution >= 4 is 29.1 Å². The van der Waals surface area contributed by atoms with Crippen LogP contribution in [0, 0.1) is 12.8 Å². The Morgan fingerprint density at radius 1 is 1.38 bits per heavy atom. The lowest BCUT2D eigenvalue weighted by Gasteiger charge is -2.23. The van der Waals surface area contributed by atoms with Gasteiger partial charge in [-0.25, -0.2) is 0 Å². The van der Waals surface area contributed by atoms with Gasteiger partial charge in [-0.15, -0.1) is 0 Å². The van der Waals surface area contributed by atoms with Crippen molar-refractivity contribution in [1.82, 2.24) is 5.32 Å². The predicted molar refractivity (Wildman–Crippen MR) is 84.5 cm³/mol. The van der Waals surface area contributed by atoms with Crippen LogP contribution in [0.25, 0.3) is 0 Å². The molecule has 0 unspecified atom stereocenters. The molecule has 0 aliphatic carbocycles. The number of amides is 2. The number of hydrogen-bond acceptors (Lipinski definition) is 2. The van der Waals surface area contributed by atoms with Crippen LogP contribution in [0.3, 0.4) is 0 Å². The van der Waals surface area contributed by atoms with Crippen LogP contribution in [-0.4, -0.2) is 23.9 Å². The molecule has 1 aromatic carbocycles. The molecule has 2 amide bonds. The molecule has 1 heterocycles. The maximum Gasteiger partial charge on any atom is 0.239 e. The summed E-state index contributed by atoms with van der Waals surface area (Å²) >= 11 is 6.11. The van der Waals surface area contributed by atoms with Gasteiger partial charge in [0.15, 0.2) is 0 Å². The highest BCUT2D eigenvalue weighted by Gasteiger charge is 2.38. The Balaban J connectivity index is 2.14. The molecule has 0 bridgehead atoms. The fraction of sp³-hybridized carbons (Fsp3) is 0.500. The molecule has 1 aliphatic heterocycles. The van der Waals surface area contributed by atoms with Crippen LogP contribution < -0.4 is 10.2 Å². The Morgan fingerprint density at radius 2 is 2.05 bits per heavy atom. The Kier molecular flexibility index (Phi) is 4.28. The topological polar surface area (TPSA) is 49.4 Å². The van der Waals surface area contributed by atoms with Gasteiger partial charge in [0.05, 0.1) is 0 Å². The van der Waals surface area contributed by atoms with Crippen molar-refractivity contribution in [3.63, 3.8) is 0 Å². The van der Waals surface area contributed by atoms with E-state index in [1.807, 2.05) is 39.8 Å². The Bertz CT molecular complexity index is 578. The summed E-state index contributed by atoms with van der Waals surface area (Å²) < 4.78 is 0. The first-order chi connectivity index (χ1) is 9.69. The number of anilines is 1. The standard InChI is InChI=1S/C16H21ClN2O2/c1-10-5-6-11(9-13(10)17)19-8-7-12(15(19)21)14(20)18-16(2,3)4/h5-6,9,12H,7-8H2,1-4H3,(H,18,20)/t12-/m0/s1. The van der Waals surface area contributed by atoms with Crippen LogP contribution in [-0.2, 0) is 9.59 Å². The summed E-state index contributed by atoms with van der Waals surface area (Å²) in [5, 5.41) is 3.50. The first-order valence-corrected chi connectivity index (χ1v) is 7.46. The lowest BCUT2D eigenvalue weighted by Crippen LogP contribution is -2.45. The van der Waals surface area contributed by atoms with Gasteiger partial charge in [0.1, 0.15) is 5.92 Å². The van der Waals surface area contributed by atoms with Crippen LogP contribution in [0.1, 0.15) is 32.8 Å². The number of nitrogens with zero attached hydrogens (tertiary/aromatic N) is 1. The zero-order valence-electron chi connectivity index (χ0n) is 12.9. The number of benzene rings is 1. The van der Waals surface area contributed by atoms with E-state index in [4.69, 9.17) is 11.6 Å². The number of carbonyl (C=O) groups excluding carboxylic acids is 2. The van der Waals surface area contributed by atoms with E-state index in [0.29, 0.717) is 18.0 Å². The van der Waals surface area contributed by atoms with Crippen molar-refractivity contribution in [2.75, 3.05) is 11.4 Å². The fourth-order valence-electron chi connectivity index (χ4n) is 2.39. The number of halogens is 1. The molecule has 5 heteroatoms. The monoisotopic (exact) mass is 308 g/mol. The van der Waals surface area contributed by atoms with E-state index in [2.05, 4.69) is 5.32 Å². The molecule has 114 valence electrons. The largest absolute Gasteiger partial charge is 0.351 e. The van der Waals surface area contributed by atoms with Gasteiger partial charge < -0.3 is 10.2 Å². The summed E-state index contributed by atoms with van der Waals surface area (Å²) in [4.78, 5) is 26.3. The van der Waals surface area contributed by atoms with Gasteiger partial charge >= 0.3 is 0 Å². The molecule has 1 aromatic rings. The second-order valence-corrected chi connectivity index (χ2v) is 6.91. The van der Waals surface area contributed by atoms with E-state index < -0.39 is 5.92 Å². The highest BCUT2D eigenvalue weighted by atomic mass is 35.5. The summed E-state index contributed by atoms with van der Waals surface area (Å²) in [5.41, 5.74) is 1.38. The highest BCUT2D eigenvalue weighted by Crippen LogP contribution is 2.29. The van der Waals surface area contributed by atoms with Crippen LogP contribution in [0.5, 0.6) is 0 Å². The summed E-state index contributed by atoms with van der Waals surface area (Å²) in [6, 6.07) is 5.52. The zero-order valence-corrected chi connectivity index (χ0v) is 13.6. The van der Waals surface area contributed by atoms with E-state index in [1.54, 1.807) is 11.0 Å². The molecule has 0 radical (unpaired) electrons. The first-order valence-electron chi connectivity index (χ1n) is 7.08. The average molecular weight is 309 g/mol. The lowest BCUT2D eigenvalue weighted by atomic mass is 10.0. The predicted octanol–water partition coefficient (Wildman–Crippen LogP) is 2.92. The van der Waals surface area contributed by atoms with Gasteiger partial charge in [0.2, 0.25) is 11.8 Å². The van der Waals surface area contributed by atoms with Crippen molar-refractivity contribution in [1.29, 1.82) is 0 Å². The summed E-state index contributed by atoms with van der Waals surface area (Å²) in [7, 11) is 0. The third-order valence-corrected chi connectivity index (χ3v) is 3.89. The summed E-state index contributed by atoms with van der Waals surface area (Å²) in [6.45, 7) is 8.17. The summed E-state index contributed by atoms with van der Waals surface area (Å²) in [6.07, 6.45) is 0.534. The molecule has 1 atom stereocenters. The van der Waals surface area contributed by atoms with E-state index in [1.165, 1.54) is 0 Å². The minimum absolute atomic E-state index is 0.156. The number of rotatable bonds is 2. The lowest BCUT2D eigenvalue weighted by molar-refractivity contribution is -0.133. The van der Waals surface area contributed by atoms with E-state index >= 15 is 0 Å². The van der Waals surface area contributed by atoms with Crippen LogP contribution in [0.4, 0.5) is 5.69 Å². The van der Waals surface area contributed by atoms with Gasteiger partial charge in [-0.1, -0.05) is 17.7 Å². The molecular formula is C16H21ClN2O2. The van der Waals surface area contributed by atoms with Crippen molar-refractivity contribution in [2.24, 2.45) is 5.92 Å². The molecule has 1 saturated heterocycles. The molecule has 1 N–H and O–H groups in total. The molecule has 0 spiro atoms. The zero-order chi connectivity index (χ0) is 15.8. The third kappa shape index (κ3) is 3.56. The highest BCUT2D eigenvalue weighted by molar-refractivity contribution is 6.31. The fourth-order valence-corrected chi connectivity index (χ4v) is 2.56. The second-order valence-electron chi connectivity index (χ2n) is 6.50. The number of carbonyl (C=O) groups is 2. The molecular weight excluding hydrogens is 288 g/mol. The Labute approximate surface area is 130 Å². The molecule has 0 saturated carbocycles. The maximum absolute atomic E-state index is 12.5. The maximum atomic E-state index is 12.5. The van der Waals surface area contributed by atoms with Gasteiger partial charge in [-0.3, -0.25) is 9.59 Å². The van der Waals surface area contributed by atoms with Gasteiger partial charge in [0, 0.05) is 22.8 Å². The second kappa shape index (κ2) is 5.68. The Morgan fingerprint density at radius 3 is 2.62 bits per heavy atom. The van der Waals surface area contributed by atoms with Gasteiger partial charge in [-0.05, 0) is 51.8 Å². The van der Waals surface area contributed by atoms with Crippen molar-refractivity contribution in [2.45, 2.75) is 39.7 Å². The van der Waals surface area contributed by atoms with Crippen LogP contribution in [0.15, 0.2) is 18.2 Å². The first kappa shape index (κ1) is 15.8. The SMILES string of the molecule is Cc1ccc(N2CC[C@@H](C(=O)NC(C)(C)C)C2=O)cc1Cl. The minimum atomic E-state index is -0.607. The van der Waals surface area contributed by atoms with E-state index in [-0.39, 0.29) is 17.4 Å². The summed E-state index contributed by atoms with van der Waals surface area (Å²) in [5.74, 6) is -0.964. The normalized spacial score (nSPS) is 19.0. The smallest absolute Gasteiger partial charge is 0.239 e. The third-order valence-electron chi connectivity index (χ3n) is 3.49. The number of aryl methyl sites for hydroxylation is 1. The van der Waals surface area contributed by atoms with Crippen LogP contribution >= 0.6 is 11.6 Å².